The minimum Gasteiger partial charge on any atom is -0.434 e. The number of nitro benzene ring substituents is 1. The van der Waals surface area contributed by atoms with Crippen LogP contribution in [0.2, 0.25) is 5.15 Å². The first-order valence-electron chi connectivity index (χ1n) is 5.48. The normalized spacial score (nSPS) is 10.2. The van der Waals surface area contributed by atoms with Gasteiger partial charge in [-0.05, 0) is 19.1 Å². The zero-order valence-electron chi connectivity index (χ0n) is 10.5. The molecule has 0 unspecified atom stereocenters. The fraction of sp³-hybridized carbons (Fsp3) is 0.0909. The maximum Gasteiger partial charge on any atom is 0.368 e. The average molecular weight is 311 g/mol. The predicted molar refractivity (Wildman–Crippen MR) is 71.6 cm³/mol. The number of aromatic nitrogens is 2. The van der Waals surface area contributed by atoms with E-state index < -0.39 is 15.5 Å². The Morgan fingerprint density at radius 2 is 1.90 bits per heavy atom. The Labute approximate surface area is 122 Å². The molecule has 0 atom stereocenters. The summed E-state index contributed by atoms with van der Waals surface area (Å²) in [7, 11) is 0. The first-order chi connectivity index (χ1) is 9.90. The van der Waals surface area contributed by atoms with Crippen molar-refractivity contribution >= 4 is 23.0 Å². The summed E-state index contributed by atoms with van der Waals surface area (Å²) < 4.78 is 5.27. The van der Waals surface area contributed by atoms with Crippen LogP contribution in [-0.2, 0) is 0 Å². The van der Waals surface area contributed by atoms with Gasteiger partial charge in [0.05, 0.1) is 9.85 Å². The number of hydrogen-bond donors (Lipinski definition) is 0. The fourth-order valence-electron chi connectivity index (χ4n) is 1.58. The van der Waals surface area contributed by atoms with Crippen LogP contribution in [0.5, 0.6) is 11.6 Å². The van der Waals surface area contributed by atoms with Crippen molar-refractivity contribution < 1.29 is 14.6 Å². The van der Waals surface area contributed by atoms with Crippen molar-refractivity contribution in [3.05, 3.63) is 55.5 Å². The molecule has 1 aromatic carbocycles. The molecule has 0 saturated carbocycles. The molecule has 0 saturated heterocycles. The number of halogens is 1. The van der Waals surface area contributed by atoms with Gasteiger partial charge in [-0.1, -0.05) is 11.6 Å². The molecule has 9 nitrogen and oxygen atoms in total. The Balaban J connectivity index is 2.39. The molecule has 0 amide bonds. The molecule has 21 heavy (non-hydrogen) atoms. The van der Waals surface area contributed by atoms with E-state index in [1.165, 1.54) is 25.1 Å². The molecule has 1 aromatic heterocycles. The molecule has 0 bridgehead atoms. The van der Waals surface area contributed by atoms with Crippen molar-refractivity contribution in [1.29, 1.82) is 0 Å². The molecule has 1 heterocycles. The standard InChI is InChI=1S/C11H7ClN4O5/c1-6-4-7(2-3-8(6)15(17)18)21-11-9(16(19)20)10(12)13-5-14-11/h2-5H,1H3. The van der Waals surface area contributed by atoms with E-state index in [9.17, 15) is 20.2 Å². The highest BCUT2D eigenvalue weighted by Gasteiger charge is 2.24. The van der Waals surface area contributed by atoms with Gasteiger partial charge in [0.1, 0.15) is 12.1 Å². The van der Waals surface area contributed by atoms with Gasteiger partial charge in [-0.3, -0.25) is 20.2 Å². The molecule has 0 spiro atoms. The smallest absolute Gasteiger partial charge is 0.368 e. The maximum atomic E-state index is 10.9. The molecule has 108 valence electrons. The largest absolute Gasteiger partial charge is 0.434 e. The van der Waals surface area contributed by atoms with Crippen LogP contribution in [0.15, 0.2) is 24.5 Å². The topological polar surface area (TPSA) is 121 Å². The number of hydrogen-bond acceptors (Lipinski definition) is 7. The van der Waals surface area contributed by atoms with E-state index in [0.717, 1.165) is 6.33 Å². The third-order valence-corrected chi connectivity index (χ3v) is 2.78. The SMILES string of the molecule is Cc1cc(Oc2ncnc(Cl)c2[N+](=O)[O-])ccc1[N+](=O)[O-]. The highest BCUT2D eigenvalue weighted by Crippen LogP contribution is 2.34. The fourth-order valence-corrected chi connectivity index (χ4v) is 1.77. The second-order valence-corrected chi connectivity index (χ2v) is 4.24. The monoisotopic (exact) mass is 310 g/mol. The molecule has 2 rings (SSSR count). The average Bonchev–Trinajstić information content (AvgIpc) is 2.37. The van der Waals surface area contributed by atoms with Gasteiger partial charge in [0, 0.05) is 11.6 Å². The van der Waals surface area contributed by atoms with Crippen LogP contribution >= 0.6 is 11.6 Å². The van der Waals surface area contributed by atoms with Crippen molar-refractivity contribution in [2.75, 3.05) is 0 Å². The van der Waals surface area contributed by atoms with Gasteiger partial charge in [-0.15, -0.1) is 0 Å². The number of ether oxygens (including phenoxy) is 1. The van der Waals surface area contributed by atoms with E-state index in [1.54, 1.807) is 0 Å². The van der Waals surface area contributed by atoms with Crippen LogP contribution < -0.4 is 4.74 Å². The van der Waals surface area contributed by atoms with Crippen LogP contribution in [0, 0.1) is 27.2 Å². The van der Waals surface area contributed by atoms with Gasteiger partial charge >= 0.3 is 11.6 Å². The zero-order valence-corrected chi connectivity index (χ0v) is 11.3. The summed E-state index contributed by atoms with van der Waals surface area (Å²) in [6.45, 7) is 1.52. The maximum absolute atomic E-state index is 10.9. The van der Waals surface area contributed by atoms with Crippen molar-refractivity contribution in [2.24, 2.45) is 0 Å². The number of nitro groups is 2. The summed E-state index contributed by atoms with van der Waals surface area (Å²) in [5.74, 6) is -0.177. The van der Waals surface area contributed by atoms with Gasteiger partial charge < -0.3 is 4.74 Å². The first kappa shape index (κ1) is 14.6. The predicted octanol–water partition coefficient (Wildman–Crippen LogP) is 3.05. The Morgan fingerprint density at radius 3 is 2.48 bits per heavy atom. The first-order valence-corrected chi connectivity index (χ1v) is 5.85. The summed E-state index contributed by atoms with van der Waals surface area (Å²) in [6.07, 6.45) is 1.02. The lowest BCUT2D eigenvalue weighted by molar-refractivity contribution is -0.386. The van der Waals surface area contributed by atoms with Gasteiger partial charge in [-0.2, -0.15) is 4.98 Å². The second kappa shape index (κ2) is 5.67. The van der Waals surface area contributed by atoms with Crippen LogP contribution in [0.25, 0.3) is 0 Å². The minimum atomic E-state index is -0.768. The lowest BCUT2D eigenvalue weighted by atomic mass is 10.2. The number of nitrogens with zero attached hydrogens (tertiary/aromatic N) is 4. The van der Waals surface area contributed by atoms with Crippen LogP contribution in [-0.4, -0.2) is 19.8 Å². The summed E-state index contributed by atoms with van der Waals surface area (Å²) in [5.41, 5.74) is -0.312. The zero-order chi connectivity index (χ0) is 15.6. The van der Waals surface area contributed by atoms with E-state index in [2.05, 4.69) is 9.97 Å². The number of aryl methyl sites for hydroxylation is 1. The third kappa shape index (κ3) is 3.03. The van der Waals surface area contributed by atoms with Crippen LogP contribution in [0.4, 0.5) is 11.4 Å². The Kier molecular flexibility index (Phi) is 3.94. The summed E-state index contributed by atoms with van der Waals surface area (Å²) in [4.78, 5) is 27.5. The quantitative estimate of drug-likeness (QED) is 0.483. The lowest BCUT2D eigenvalue weighted by Crippen LogP contribution is -1.99. The Bertz CT molecular complexity index is 737. The lowest BCUT2D eigenvalue weighted by Gasteiger charge is -2.06. The van der Waals surface area contributed by atoms with Gasteiger partial charge in [0.2, 0.25) is 5.15 Å². The molecule has 2 aromatic rings. The molecular weight excluding hydrogens is 304 g/mol. The highest BCUT2D eigenvalue weighted by molar-refractivity contribution is 6.31. The van der Waals surface area contributed by atoms with Crippen LogP contribution in [0.3, 0.4) is 0 Å². The van der Waals surface area contributed by atoms with E-state index in [-0.39, 0.29) is 22.5 Å². The molecular formula is C11H7ClN4O5. The molecule has 0 aliphatic rings. The van der Waals surface area contributed by atoms with Crippen molar-refractivity contribution in [3.8, 4) is 11.6 Å². The van der Waals surface area contributed by atoms with E-state index in [1.807, 2.05) is 0 Å². The van der Waals surface area contributed by atoms with Crippen molar-refractivity contribution in [2.45, 2.75) is 6.92 Å². The molecule has 0 radical (unpaired) electrons. The van der Waals surface area contributed by atoms with Gasteiger partial charge in [-0.25, -0.2) is 4.98 Å². The second-order valence-electron chi connectivity index (χ2n) is 3.88. The summed E-state index contributed by atoms with van der Waals surface area (Å²) in [5, 5.41) is 21.3. The molecule has 0 aliphatic carbocycles. The number of rotatable bonds is 4. The van der Waals surface area contributed by atoms with Gasteiger partial charge in [0.25, 0.3) is 5.69 Å². The molecule has 0 fully saturated rings. The summed E-state index contributed by atoms with van der Waals surface area (Å²) >= 11 is 5.63. The van der Waals surface area contributed by atoms with Crippen LogP contribution in [0.1, 0.15) is 5.56 Å². The van der Waals surface area contributed by atoms with Crippen molar-refractivity contribution in [1.82, 2.24) is 9.97 Å². The molecule has 10 heteroatoms. The van der Waals surface area contributed by atoms with E-state index in [4.69, 9.17) is 16.3 Å². The van der Waals surface area contributed by atoms with Crippen molar-refractivity contribution in [3.63, 3.8) is 0 Å². The summed E-state index contributed by atoms with van der Waals surface area (Å²) in [6, 6.07) is 3.92. The number of benzene rings is 1. The Hall–Kier alpha value is -2.81. The third-order valence-electron chi connectivity index (χ3n) is 2.51. The molecule has 0 aliphatic heterocycles. The highest BCUT2D eigenvalue weighted by atomic mass is 35.5. The Morgan fingerprint density at radius 1 is 1.19 bits per heavy atom. The van der Waals surface area contributed by atoms with E-state index in [0.29, 0.717) is 5.56 Å². The van der Waals surface area contributed by atoms with Gasteiger partial charge in [0.15, 0.2) is 0 Å². The molecule has 0 N–H and O–H groups in total. The van der Waals surface area contributed by atoms with E-state index >= 15 is 0 Å². The minimum absolute atomic E-state index is 0.0856.